The molecule has 246 valence electrons. The maximum atomic E-state index is 13.0. The Morgan fingerprint density at radius 1 is 0.717 bits per heavy atom. The third-order valence-corrected chi connectivity index (χ3v) is 8.47. The first-order valence-corrected chi connectivity index (χ1v) is 15.6. The third kappa shape index (κ3) is 8.21. The molecule has 13 nitrogen and oxygen atoms in total. The molecule has 3 amide bonds. The molecule has 0 aliphatic carbocycles. The standard InChI is InChI=1S/C32H41N9O4.ClH/c1-38(2)27-11-13-39(14-12-27)29(42)24-5-9-26(10-6-24)34-32(43)33-25-7-3-23(4-8-25)28-35-30(40-15-19-44-20-16-40)37-31(36-28)41-17-21-45-22-18-41;/h3-10,27H,11-22H2,1-2H3,(H2,33,34,43);1H. The number of amides is 3. The minimum Gasteiger partial charge on any atom is -0.378 e. The number of likely N-dealkylation sites (tertiary alicyclic amines) is 1. The van der Waals surface area contributed by atoms with Gasteiger partial charge in [0.1, 0.15) is 0 Å². The molecule has 0 spiro atoms. The Balaban J connectivity index is 0.00000417. The number of anilines is 4. The summed E-state index contributed by atoms with van der Waals surface area (Å²) in [5, 5.41) is 5.71. The lowest BCUT2D eigenvalue weighted by atomic mass is 10.0. The molecule has 3 aromatic rings. The number of nitrogens with one attached hydrogen (secondary N) is 2. The largest absolute Gasteiger partial charge is 0.378 e. The molecule has 0 unspecified atom stereocenters. The topological polar surface area (TPSA) is 128 Å². The molecule has 3 aliphatic rings. The number of rotatable bonds is 7. The average Bonchev–Trinajstić information content (AvgIpc) is 3.09. The van der Waals surface area contributed by atoms with Crippen LogP contribution in [0.4, 0.5) is 28.1 Å². The van der Waals surface area contributed by atoms with E-state index in [0.29, 0.717) is 67.1 Å². The summed E-state index contributed by atoms with van der Waals surface area (Å²) in [6, 6.07) is 14.6. The van der Waals surface area contributed by atoms with Crippen LogP contribution in [0.3, 0.4) is 0 Å². The summed E-state index contributed by atoms with van der Waals surface area (Å²) in [5.41, 5.74) is 2.66. The van der Waals surface area contributed by atoms with Crippen LogP contribution in [-0.2, 0) is 9.47 Å². The van der Waals surface area contributed by atoms with Gasteiger partial charge < -0.3 is 39.7 Å². The van der Waals surface area contributed by atoms with Gasteiger partial charge in [-0.05, 0) is 75.5 Å². The zero-order chi connectivity index (χ0) is 31.2. The van der Waals surface area contributed by atoms with E-state index in [4.69, 9.17) is 24.4 Å². The minimum absolute atomic E-state index is 0. The molecule has 0 radical (unpaired) electrons. The van der Waals surface area contributed by atoms with Crippen LogP contribution in [-0.4, -0.2) is 123 Å². The molecule has 3 saturated heterocycles. The van der Waals surface area contributed by atoms with Crippen molar-refractivity contribution in [2.75, 3.05) is 100 Å². The van der Waals surface area contributed by atoms with Gasteiger partial charge in [0.15, 0.2) is 5.82 Å². The van der Waals surface area contributed by atoms with Gasteiger partial charge in [-0.2, -0.15) is 15.0 Å². The van der Waals surface area contributed by atoms with Crippen molar-refractivity contribution in [3.63, 3.8) is 0 Å². The second-order valence-corrected chi connectivity index (χ2v) is 11.7. The number of hydrogen-bond donors (Lipinski definition) is 2. The number of aromatic nitrogens is 3. The minimum atomic E-state index is -0.378. The van der Waals surface area contributed by atoms with E-state index in [1.54, 1.807) is 24.3 Å². The average molecular weight is 652 g/mol. The number of carbonyl (C=O) groups excluding carboxylic acids is 2. The number of morpholine rings is 2. The number of piperidine rings is 1. The highest BCUT2D eigenvalue weighted by Gasteiger charge is 2.25. The van der Waals surface area contributed by atoms with Crippen molar-refractivity contribution in [3.05, 3.63) is 54.1 Å². The van der Waals surface area contributed by atoms with E-state index >= 15 is 0 Å². The molecule has 0 atom stereocenters. The summed E-state index contributed by atoms with van der Waals surface area (Å²) in [7, 11) is 4.17. The molecule has 3 aliphatic heterocycles. The number of carbonyl (C=O) groups is 2. The maximum absolute atomic E-state index is 13.0. The Morgan fingerprint density at radius 3 is 1.67 bits per heavy atom. The van der Waals surface area contributed by atoms with Gasteiger partial charge in [0.05, 0.1) is 26.4 Å². The van der Waals surface area contributed by atoms with Crippen LogP contribution in [0.25, 0.3) is 11.4 Å². The first-order chi connectivity index (χ1) is 21.9. The van der Waals surface area contributed by atoms with E-state index in [2.05, 4.69) is 39.4 Å². The molecule has 0 bridgehead atoms. The summed E-state index contributed by atoms with van der Waals surface area (Å²) in [6.45, 7) is 6.92. The second kappa shape index (κ2) is 15.5. The Hall–Kier alpha value is -4.04. The van der Waals surface area contributed by atoms with Crippen molar-refractivity contribution in [2.45, 2.75) is 18.9 Å². The highest BCUT2D eigenvalue weighted by molar-refractivity contribution is 6.00. The van der Waals surface area contributed by atoms with Gasteiger partial charge in [0.2, 0.25) is 11.9 Å². The molecule has 2 aromatic carbocycles. The monoisotopic (exact) mass is 651 g/mol. The summed E-state index contributed by atoms with van der Waals surface area (Å²) in [5.74, 6) is 1.86. The van der Waals surface area contributed by atoms with E-state index in [9.17, 15) is 9.59 Å². The molecule has 4 heterocycles. The fourth-order valence-corrected chi connectivity index (χ4v) is 5.75. The van der Waals surface area contributed by atoms with Crippen molar-refractivity contribution >= 4 is 47.6 Å². The maximum Gasteiger partial charge on any atom is 0.323 e. The molecule has 46 heavy (non-hydrogen) atoms. The molecule has 0 saturated carbocycles. The highest BCUT2D eigenvalue weighted by atomic mass is 35.5. The summed E-state index contributed by atoms with van der Waals surface area (Å²) < 4.78 is 11.0. The number of nitrogens with zero attached hydrogens (tertiary/aromatic N) is 7. The molecule has 14 heteroatoms. The fourth-order valence-electron chi connectivity index (χ4n) is 5.75. The van der Waals surface area contributed by atoms with Crippen molar-refractivity contribution in [1.82, 2.24) is 24.8 Å². The zero-order valence-corrected chi connectivity index (χ0v) is 27.2. The first-order valence-electron chi connectivity index (χ1n) is 15.6. The van der Waals surface area contributed by atoms with Gasteiger partial charge in [-0.25, -0.2) is 4.79 Å². The van der Waals surface area contributed by atoms with Crippen LogP contribution >= 0.6 is 12.4 Å². The quantitative estimate of drug-likeness (QED) is 0.392. The predicted octanol–water partition coefficient (Wildman–Crippen LogP) is 3.44. The summed E-state index contributed by atoms with van der Waals surface area (Å²) in [4.78, 5) is 48.5. The van der Waals surface area contributed by atoms with Crippen molar-refractivity contribution in [2.24, 2.45) is 0 Å². The lowest BCUT2D eigenvalue weighted by Gasteiger charge is -2.35. The highest BCUT2D eigenvalue weighted by Crippen LogP contribution is 2.24. The SMILES string of the molecule is CN(C)C1CCN(C(=O)c2ccc(NC(=O)Nc3ccc(-c4nc(N5CCOCC5)nc(N5CCOCC5)n4)cc3)cc2)CC1.Cl. The van der Waals surface area contributed by atoms with Crippen molar-refractivity contribution in [3.8, 4) is 11.4 Å². The first kappa shape index (κ1) is 33.3. The predicted molar refractivity (Wildman–Crippen MR) is 180 cm³/mol. The molecule has 6 rings (SSSR count). The normalized spacial score (nSPS) is 17.4. The van der Waals surface area contributed by atoms with E-state index in [1.165, 1.54) is 0 Å². The van der Waals surface area contributed by atoms with Gasteiger partial charge in [0.25, 0.3) is 5.91 Å². The Bertz CT molecular complexity index is 1420. The Labute approximate surface area is 275 Å². The molecular formula is C32H42ClN9O4. The lowest BCUT2D eigenvalue weighted by Crippen LogP contribution is -2.44. The van der Waals surface area contributed by atoms with Gasteiger partial charge in [-0.3, -0.25) is 4.79 Å². The van der Waals surface area contributed by atoms with E-state index in [0.717, 1.165) is 57.7 Å². The van der Waals surface area contributed by atoms with Crippen LogP contribution in [0.1, 0.15) is 23.2 Å². The van der Waals surface area contributed by atoms with E-state index < -0.39 is 0 Å². The van der Waals surface area contributed by atoms with Crippen LogP contribution < -0.4 is 20.4 Å². The third-order valence-electron chi connectivity index (χ3n) is 8.47. The number of ether oxygens (including phenoxy) is 2. The second-order valence-electron chi connectivity index (χ2n) is 11.7. The zero-order valence-electron chi connectivity index (χ0n) is 26.4. The van der Waals surface area contributed by atoms with Crippen LogP contribution in [0.15, 0.2) is 48.5 Å². The molecule has 2 N–H and O–H groups in total. The number of halogens is 1. The summed E-state index contributed by atoms with van der Waals surface area (Å²) in [6.07, 6.45) is 1.94. The van der Waals surface area contributed by atoms with Crippen LogP contribution in [0, 0.1) is 0 Å². The molecule has 3 fully saturated rings. The van der Waals surface area contributed by atoms with Crippen LogP contribution in [0.5, 0.6) is 0 Å². The summed E-state index contributed by atoms with van der Waals surface area (Å²) >= 11 is 0. The number of hydrogen-bond acceptors (Lipinski definition) is 10. The van der Waals surface area contributed by atoms with E-state index in [-0.39, 0.29) is 24.3 Å². The lowest BCUT2D eigenvalue weighted by molar-refractivity contribution is 0.0663. The Morgan fingerprint density at radius 2 is 1.20 bits per heavy atom. The Kier molecular flexibility index (Phi) is 11.2. The van der Waals surface area contributed by atoms with Crippen molar-refractivity contribution < 1.29 is 19.1 Å². The van der Waals surface area contributed by atoms with E-state index in [1.807, 2.05) is 29.2 Å². The number of urea groups is 1. The fraction of sp³-hybridized carbons (Fsp3) is 0.469. The van der Waals surface area contributed by atoms with Gasteiger partial charge >= 0.3 is 6.03 Å². The van der Waals surface area contributed by atoms with Crippen LogP contribution in [0.2, 0.25) is 0 Å². The van der Waals surface area contributed by atoms with Crippen molar-refractivity contribution in [1.29, 1.82) is 0 Å². The van der Waals surface area contributed by atoms with Gasteiger partial charge in [0, 0.05) is 67.8 Å². The number of benzene rings is 2. The molecule has 1 aromatic heterocycles. The van der Waals surface area contributed by atoms with Gasteiger partial charge in [-0.15, -0.1) is 12.4 Å². The molecular weight excluding hydrogens is 610 g/mol. The van der Waals surface area contributed by atoms with Gasteiger partial charge in [-0.1, -0.05) is 0 Å². The smallest absolute Gasteiger partial charge is 0.323 e.